The van der Waals surface area contributed by atoms with Gasteiger partial charge in [-0.1, -0.05) is 91.0 Å². The Hall–Kier alpha value is -1.32. The second kappa shape index (κ2) is 9.75. The van der Waals surface area contributed by atoms with Crippen LogP contribution in [-0.4, -0.2) is 0 Å². The number of halogens is 3. The standard InChI is InChI=1S/C23H22BrCl2N/c24-27-23(20-14-8-3-9-15-20,16-21(25)18-10-4-1-5-11-18)17-22(26)19-12-6-2-7-13-19/h1-15,21-22,27H,16-17H2. The molecule has 2 atom stereocenters. The number of alkyl halides is 2. The van der Waals surface area contributed by atoms with Crippen LogP contribution in [0.5, 0.6) is 0 Å². The lowest BCUT2D eigenvalue weighted by Crippen LogP contribution is -2.38. The molecular weight excluding hydrogens is 441 g/mol. The molecule has 4 heteroatoms. The third-order valence-corrected chi connectivity index (χ3v) is 6.46. The van der Waals surface area contributed by atoms with E-state index in [0.717, 1.165) is 16.7 Å². The topological polar surface area (TPSA) is 12.0 Å². The Morgan fingerprint density at radius 3 is 1.41 bits per heavy atom. The van der Waals surface area contributed by atoms with Crippen molar-refractivity contribution in [1.29, 1.82) is 0 Å². The van der Waals surface area contributed by atoms with Crippen LogP contribution in [0.15, 0.2) is 91.0 Å². The molecule has 3 aromatic carbocycles. The van der Waals surface area contributed by atoms with Gasteiger partial charge in [0.15, 0.2) is 0 Å². The zero-order chi connectivity index (χ0) is 19.1. The molecule has 0 aliphatic rings. The van der Waals surface area contributed by atoms with Crippen LogP contribution in [0.25, 0.3) is 0 Å². The molecular formula is C23H22BrCl2N. The number of nitrogens with one attached hydrogen (secondary N) is 1. The van der Waals surface area contributed by atoms with Crippen LogP contribution >= 0.6 is 39.3 Å². The summed E-state index contributed by atoms with van der Waals surface area (Å²) in [5.74, 6) is 0. The van der Waals surface area contributed by atoms with Crippen molar-refractivity contribution in [3.8, 4) is 0 Å². The highest BCUT2D eigenvalue weighted by Gasteiger charge is 2.36. The van der Waals surface area contributed by atoms with Crippen molar-refractivity contribution in [3.63, 3.8) is 0 Å². The lowest BCUT2D eigenvalue weighted by atomic mass is 9.80. The number of hydrogen-bond acceptors (Lipinski definition) is 1. The van der Waals surface area contributed by atoms with Crippen LogP contribution in [0.2, 0.25) is 0 Å². The fraction of sp³-hybridized carbons (Fsp3) is 0.217. The quantitative estimate of drug-likeness (QED) is 0.269. The van der Waals surface area contributed by atoms with E-state index in [1.165, 1.54) is 0 Å². The predicted octanol–water partition coefficient (Wildman–Crippen LogP) is 7.52. The summed E-state index contributed by atoms with van der Waals surface area (Å²) in [6, 6.07) is 30.7. The molecule has 0 amide bonds. The normalized spacial score (nSPS) is 15.7. The largest absolute Gasteiger partial charge is 0.245 e. The molecule has 140 valence electrons. The van der Waals surface area contributed by atoms with E-state index < -0.39 is 5.54 Å². The van der Waals surface area contributed by atoms with Gasteiger partial charge in [-0.25, -0.2) is 4.34 Å². The molecule has 0 bridgehead atoms. The van der Waals surface area contributed by atoms with Crippen molar-refractivity contribution in [3.05, 3.63) is 108 Å². The Morgan fingerprint density at radius 2 is 1.04 bits per heavy atom. The Balaban J connectivity index is 1.93. The summed E-state index contributed by atoms with van der Waals surface area (Å²) in [6.07, 6.45) is 1.40. The van der Waals surface area contributed by atoms with Gasteiger partial charge in [-0.3, -0.25) is 0 Å². The molecule has 0 spiro atoms. The average Bonchev–Trinajstić information content (AvgIpc) is 2.75. The van der Waals surface area contributed by atoms with Gasteiger partial charge in [0, 0.05) is 16.1 Å². The summed E-state index contributed by atoms with van der Waals surface area (Å²) in [7, 11) is 0. The Kier molecular flexibility index (Phi) is 7.37. The van der Waals surface area contributed by atoms with E-state index >= 15 is 0 Å². The zero-order valence-electron chi connectivity index (χ0n) is 14.9. The van der Waals surface area contributed by atoms with E-state index in [-0.39, 0.29) is 10.8 Å². The summed E-state index contributed by atoms with van der Waals surface area (Å²) in [4.78, 5) is 0. The highest BCUT2D eigenvalue weighted by Crippen LogP contribution is 2.43. The Morgan fingerprint density at radius 1 is 0.667 bits per heavy atom. The highest BCUT2D eigenvalue weighted by atomic mass is 79.9. The lowest BCUT2D eigenvalue weighted by Gasteiger charge is -2.36. The fourth-order valence-corrected chi connectivity index (χ4v) is 4.75. The second-order valence-electron chi connectivity index (χ2n) is 6.71. The molecule has 1 nitrogen and oxygen atoms in total. The first-order valence-electron chi connectivity index (χ1n) is 8.96. The van der Waals surface area contributed by atoms with Gasteiger partial charge in [0.2, 0.25) is 0 Å². The maximum atomic E-state index is 6.84. The number of rotatable bonds is 8. The first kappa shape index (κ1) is 20.4. The summed E-state index contributed by atoms with van der Waals surface area (Å²) < 4.78 is 3.38. The molecule has 3 rings (SSSR count). The molecule has 0 saturated carbocycles. The van der Waals surface area contributed by atoms with Gasteiger partial charge in [-0.05, 0) is 29.5 Å². The van der Waals surface area contributed by atoms with E-state index in [2.05, 4.69) is 56.9 Å². The van der Waals surface area contributed by atoms with Gasteiger partial charge in [0.05, 0.1) is 16.3 Å². The molecule has 27 heavy (non-hydrogen) atoms. The molecule has 0 saturated heterocycles. The van der Waals surface area contributed by atoms with E-state index in [1.54, 1.807) is 0 Å². The maximum absolute atomic E-state index is 6.84. The summed E-state index contributed by atoms with van der Waals surface area (Å²) in [5.41, 5.74) is 2.96. The van der Waals surface area contributed by atoms with Gasteiger partial charge < -0.3 is 0 Å². The Bertz CT molecular complexity index is 764. The predicted molar refractivity (Wildman–Crippen MR) is 119 cm³/mol. The maximum Gasteiger partial charge on any atom is 0.0606 e. The molecule has 0 aromatic heterocycles. The minimum Gasteiger partial charge on any atom is -0.245 e. The smallest absolute Gasteiger partial charge is 0.0606 e. The first-order valence-corrected chi connectivity index (χ1v) is 10.6. The highest BCUT2D eigenvalue weighted by molar-refractivity contribution is 9.08. The number of benzene rings is 3. The third kappa shape index (κ3) is 5.14. The fourth-order valence-electron chi connectivity index (χ4n) is 3.38. The van der Waals surface area contributed by atoms with Gasteiger partial charge >= 0.3 is 0 Å². The van der Waals surface area contributed by atoms with Gasteiger partial charge in [-0.15, -0.1) is 23.2 Å². The third-order valence-electron chi connectivity index (χ3n) is 4.89. The summed E-state index contributed by atoms with van der Waals surface area (Å²) >= 11 is 17.2. The van der Waals surface area contributed by atoms with Crippen LogP contribution in [0, 0.1) is 0 Å². The molecule has 0 radical (unpaired) electrons. The molecule has 0 heterocycles. The summed E-state index contributed by atoms with van der Waals surface area (Å²) in [5, 5.41) is -0.285. The van der Waals surface area contributed by atoms with Crippen LogP contribution in [0.3, 0.4) is 0 Å². The lowest BCUT2D eigenvalue weighted by molar-refractivity contribution is 0.344. The Labute approximate surface area is 180 Å². The average molecular weight is 463 g/mol. The molecule has 3 aromatic rings. The minimum atomic E-state index is -0.411. The minimum absolute atomic E-state index is 0.143. The van der Waals surface area contributed by atoms with Gasteiger partial charge in [0.1, 0.15) is 0 Å². The second-order valence-corrected chi connectivity index (χ2v) is 8.16. The van der Waals surface area contributed by atoms with Gasteiger partial charge in [0.25, 0.3) is 0 Å². The molecule has 2 unspecified atom stereocenters. The zero-order valence-corrected chi connectivity index (χ0v) is 18.0. The monoisotopic (exact) mass is 461 g/mol. The first-order chi connectivity index (χ1) is 13.1. The molecule has 0 aliphatic carbocycles. The summed E-state index contributed by atoms with van der Waals surface area (Å²) in [6.45, 7) is 0. The van der Waals surface area contributed by atoms with Crippen molar-refractivity contribution in [1.82, 2.24) is 4.34 Å². The van der Waals surface area contributed by atoms with Crippen molar-refractivity contribution < 1.29 is 0 Å². The van der Waals surface area contributed by atoms with Crippen LogP contribution < -0.4 is 4.34 Å². The number of hydrogen-bond donors (Lipinski definition) is 1. The van der Waals surface area contributed by atoms with Crippen LogP contribution in [-0.2, 0) is 5.54 Å². The van der Waals surface area contributed by atoms with Gasteiger partial charge in [-0.2, -0.15) is 0 Å². The van der Waals surface area contributed by atoms with E-state index in [1.807, 2.05) is 54.6 Å². The van der Waals surface area contributed by atoms with Crippen molar-refractivity contribution in [2.24, 2.45) is 0 Å². The van der Waals surface area contributed by atoms with Crippen molar-refractivity contribution in [2.45, 2.75) is 29.1 Å². The van der Waals surface area contributed by atoms with Crippen LogP contribution in [0.1, 0.15) is 40.3 Å². The van der Waals surface area contributed by atoms with E-state index in [9.17, 15) is 0 Å². The van der Waals surface area contributed by atoms with Crippen molar-refractivity contribution in [2.75, 3.05) is 0 Å². The molecule has 0 aliphatic heterocycles. The SMILES string of the molecule is ClC(CC(CC(Cl)c1ccccc1)(NBr)c1ccccc1)c1ccccc1. The molecule has 1 N–H and O–H groups in total. The molecule has 0 fully saturated rings. The van der Waals surface area contributed by atoms with E-state index in [0.29, 0.717) is 12.8 Å². The van der Waals surface area contributed by atoms with Crippen LogP contribution in [0.4, 0.5) is 0 Å². The van der Waals surface area contributed by atoms with Crippen molar-refractivity contribution >= 4 is 39.3 Å². The van der Waals surface area contributed by atoms with E-state index in [4.69, 9.17) is 23.2 Å².